The van der Waals surface area contributed by atoms with E-state index in [0.29, 0.717) is 17.3 Å². The first kappa shape index (κ1) is 23.3. The summed E-state index contributed by atoms with van der Waals surface area (Å²) in [6.07, 6.45) is -2.19. The van der Waals surface area contributed by atoms with Crippen molar-refractivity contribution in [2.45, 2.75) is 46.3 Å². The van der Waals surface area contributed by atoms with Crippen molar-refractivity contribution in [3.63, 3.8) is 0 Å². The van der Waals surface area contributed by atoms with Gasteiger partial charge >= 0.3 is 5.97 Å². The predicted molar refractivity (Wildman–Crippen MR) is 131 cm³/mol. The number of amides is 1. The maximum atomic E-state index is 13.6. The monoisotopic (exact) mass is 465 g/mol. The molecule has 1 amide bonds. The zero-order chi connectivity index (χ0) is 23.9. The molecule has 0 aliphatic carbocycles. The highest BCUT2D eigenvalue weighted by Gasteiger charge is 2.39. The second-order valence-electron chi connectivity index (χ2n) is 9.81. The lowest BCUT2D eigenvalue weighted by molar-refractivity contribution is -0.147. The molecule has 1 heterocycles. The van der Waals surface area contributed by atoms with Gasteiger partial charge in [0.05, 0.1) is 6.42 Å². The molecular weight excluding hydrogens is 438 g/mol. The molecule has 0 fully saturated rings. The third-order valence-corrected chi connectivity index (χ3v) is 6.09. The van der Waals surface area contributed by atoms with Crippen LogP contribution in [-0.2, 0) is 14.3 Å². The van der Waals surface area contributed by atoms with Crippen LogP contribution in [0.4, 0.5) is 5.69 Å². The molecule has 1 N–H and O–H groups in total. The highest BCUT2D eigenvalue weighted by molar-refractivity contribution is 6.30. The number of carboxylic acids is 1. The second-order valence-corrected chi connectivity index (χ2v) is 10.2. The summed E-state index contributed by atoms with van der Waals surface area (Å²) in [5.41, 5.74) is 3.24. The van der Waals surface area contributed by atoms with Gasteiger partial charge in [-0.2, -0.15) is 0 Å². The van der Waals surface area contributed by atoms with Crippen LogP contribution in [-0.4, -0.2) is 29.6 Å². The van der Waals surface area contributed by atoms with Gasteiger partial charge in [-0.25, -0.2) is 0 Å². The van der Waals surface area contributed by atoms with Crippen LogP contribution >= 0.6 is 11.6 Å². The summed E-state index contributed by atoms with van der Waals surface area (Å²) in [6, 6.07) is 17.5. The second kappa shape index (κ2) is 8.81. The molecular formula is C27H28ClNO4. The van der Waals surface area contributed by atoms with Crippen molar-refractivity contribution in [1.29, 1.82) is 0 Å². The molecule has 1 aliphatic rings. The van der Waals surface area contributed by atoms with Crippen LogP contribution in [0.3, 0.4) is 0 Å². The lowest BCUT2D eigenvalue weighted by Gasteiger charge is -2.31. The van der Waals surface area contributed by atoms with Crippen molar-refractivity contribution < 1.29 is 19.4 Å². The molecule has 0 aromatic heterocycles. The Morgan fingerprint density at radius 2 is 1.76 bits per heavy atom. The number of nitrogens with zero attached hydrogens (tertiary/aromatic N) is 1. The van der Waals surface area contributed by atoms with E-state index in [-0.39, 0.29) is 11.3 Å². The zero-order valence-corrected chi connectivity index (χ0v) is 20.0. The molecule has 6 heteroatoms. The van der Waals surface area contributed by atoms with Crippen LogP contribution in [0.25, 0.3) is 10.8 Å². The molecule has 0 bridgehead atoms. The standard InChI is InChI=1S/C27H28ClNO4/c1-16-7-5-9-19-18(16)8-6-10-20(19)25-21-13-17(28)11-12-22(21)29(15-27(2,3)4)26(32)23(33-25)14-24(30)31/h5-13,23,25H,14-15H2,1-4H3,(H,30,31). The number of hydrogen-bond donors (Lipinski definition) is 1. The molecule has 172 valence electrons. The van der Waals surface area contributed by atoms with Crippen molar-refractivity contribution in [3.05, 3.63) is 76.3 Å². The van der Waals surface area contributed by atoms with E-state index in [9.17, 15) is 14.7 Å². The van der Waals surface area contributed by atoms with Crippen LogP contribution in [0.5, 0.6) is 0 Å². The average Bonchev–Trinajstić information content (AvgIpc) is 2.83. The summed E-state index contributed by atoms with van der Waals surface area (Å²) >= 11 is 6.41. The minimum atomic E-state index is -1.12. The van der Waals surface area contributed by atoms with Gasteiger partial charge in [-0.3, -0.25) is 9.59 Å². The number of aryl methyl sites for hydroxylation is 1. The van der Waals surface area contributed by atoms with Gasteiger partial charge in [-0.15, -0.1) is 0 Å². The molecule has 0 saturated carbocycles. The Hall–Kier alpha value is -2.89. The first-order chi connectivity index (χ1) is 15.5. The van der Waals surface area contributed by atoms with E-state index in [1.807, 2.05) is 70.2 Å². The number of rotatable bonds is 4. The summed E-state index contributed by atoms with van der Waals surface area (Å²) in [6.45, 7) is 8.59. The third-order valence-electron chi connectivity index (χ3n) is 5.85. The number of halogens is 1. The highest BCUT2D eigenvalue weighted by atomic mass is 35.5. The fourth-order valence-electron chi connectivity index (χ4n) is 4.46. The maximum Gasteiger partial charge on any atom is 0.306 e. The molecule has 0 radical (unpaired) electrons. The molecule has 0 spiro atoms. The van der Waals surface area contributed by atoms with Crippen molar-refractivity contribution in [2.24, 2.45) is 5.41 Å². The van der Waals surface area contributed by atoms with E-state index in [2.05, 4.69) is 6.07 Å². The van der Waals surface area contributed by atoms with E-state index >= 15 is 0 Å². The van der Waals surface area contributed by atoms with Crippen LogP contribution in [0, 0.1) is 12.3 Å². The van der Waals surface area contributed by atoms with Crippen molar-refractivity contribution >= 4 is 39.9 Å². The van der Waals surface area contributed by atoms with E-state index in [1.165, 1.54) is 0 Å². The van der Waals surface area contributed by atoms with E-state index in [4.69, 9.17) is 16.3 Å². The number of fused-ring (bicyclic) bond motifs is 2. The third kappa shape index (κ3) is 4.75. The van der Waals surface area contributed by atoms with Gasteiger partial charge in [0.1, 0.15) is 12.2 Å². The first-order valence-corrected chi connectivity index (χ1v) is 11.4. The van der Waals surface area contributed by atoms with Gasteiger partial charge in [0.15, 0.2) is 0 Å². The number of carbonyl (C=O) groups excluding carboxylic acids is 1. The molecule has 3 aromatic rings. The van der Waals surface area contributed by atoms with E-state index < -0.39 is 24.6 Å². The summed E-state index contributed by atoms with van der Waals surface area (Å²) < 4.78 is 6.36. The molecule has 5 nitrogen and oxygen atoms in total. The van der Waals surface area contributed by atoms with Gasteiger partial charge < -0.3 is 14.7 Å². The van der Waals surface area contributed by atoms with Crippen molar-refractivity contribution in [2.75, 3.05) is 11.4 Å². The quantitative estimate of drug-likeness (QED) is 0.502. The predicted octanol–water partition coefficient (Wildman–Crippen LogP) is 6.14. The van der Waals surface area contributed by atoms with Gasteiger partial charge in [-0.05, 0) is 52.4 Å². The molecule has 2 atom stereocenters. The normalized spacial score (nSPS) is 18.8. The minimum Gasteiger partial charge on any atom is -0.481 e. The fourth-order valence-corrected chi connectivity index (χ4v) is 4.64. The lowest BCUT2D eigenvalue weighted by Crippen LogP contribution is -2.44. The molecule has 3 aromatic carbocycles. The van der Waals surface area contributed by atoms with E-state index in [1.54, 1.807) is 11.0 Å². The Kier molecular flexibility index (Phi) is 6.21. The van der Waals surface area contributed by atoms with Gasteiger partial charge in [0, 0.05) is 22.8 Å². The summed E-state index contributed by atoms with van der Waals surface area (Å²) in [4.78, 5) is 26.9. The fraction of sp³-hybridized carbons (Fsp3) is 0.333. The molecule has 33 heavy (non-hydrogen) atoms. The topological polar surface area (TPSA) is 66.8 Å². The lowest BCUT2D eigenvalue weighted by atomic mass is 9.92. The van der Waals surface area contributed by atoms with Crippen LogP contribution in [0.15, 0.2) is 54.6 Å². The Morgan fingerprint density at radius 1 is 1.06 bits per heavy atom. The van der Waals surface area contributed by atoms with Gasteiger partial charge in [0.25, 0.3) is 5.91 Å². The number of aliphatic carboxylic acids is 1. The summed E-state index contributed by atoms with van der Waals surface area (Å²) in [7, 11) is 0. The van der Waals surface area contributed by atoms with Crippen LogP contribution in [0.1, 0.15) is 50.0 Å². The Balaban J connectivity index is 1.97. The Bertz CT molecular complexity index is 1230. The SMILES string of the molecule is Cc1cccc2c(C3OC(CC(=O)O)C(=O)N(CC(C)(C)C)c4ccc(Cl)cc43)cccc12. The maximum absolute atomic E-state index is 13.6. The molecule has 0 saturated heterocycles. The first-order valence-electron chi connectivity index (χ1n) is 11.0. The number of anilines is 1. The van der Waals surface area contributed by atoms with Crippen LogP contribution < -0.4 is 4.90 Å². The number of hydrogen-bond acceptors (Lipinski definition) is 3. The van der Waals surface area contributed by atoms with E-state index in [0.717, 1.165) is 27.5 Å². The molecule has 2 unspecified atom stereocenters. The molecule has 1 aliphatic heterocycles. The highest BCUT2D eigenvalue weighted by Crippen LogP contribution is 2.43. The van der Waals surface area contributed by atoms with Gasteiger partial charge in [-0.1, -0.05) is 68.8 Å². The Labute approximate surface area is 198 Å². The number of benzene rings is 3. The zero-order valence-electron chi connectivity index (χ0n) is 19.3. The van der Waals surface area contributed by atoms with Crippen LogP contribution in [0.2, 0.25) is 5.02 Å². The minimum absolute atomic E-state index is 0.212. The largest absolute Gasteiger partial charge is 0.481 e. The average molecular weight is 466 g/mol. The summed E-state index contributed by atoms with van der Waals surface area (Å²) in [5.74, 6) is -1.43. The van der Waals surface area contributed by atoms with Crippen molar-refractivity contribution in [1.82, 2.24) is 0 Å². The van der Waals surface area contributed by atoms with Gasteiger partial charge in [0.2, 0.25) is 0 Å². The summed E-state index contributed by atoms with van der Waals surface area (Å²) in [5, 5.41) is 12.2. The number of ether oxygens (including phenoxy) is 1. The smallest absolute Gasteiger partial charge is 0.306 e. The number of carboxylic acid groups (broad SMARTS) is 1. The number of carbonyl (C=O) groups is 2. The molecule has 4 rings (SSSR count). The Morgan fingerprint density at radius 3 is 2.45 bits per heavy atom. The van der Waals surface area contributed by atoms with Crippen molar-refractivity contribution in [3.8, 4) is 0 Å².